The van der Waals surface area contributed by atoms with Crippen LogP contribution >= 0.6 is 27.5 Å². The van der Waals surface area contributed by atoms with Gasteiger partial charge in [0.05, 0.1) is 10.7 Å². The molecule has 0 radical (unpaired) electrons. The number of halogens is 2. The highest BCUT2D eigenvalue weighted by Crippen LogP contribution is 2.34. The highest BCUT2D eigenvalue weighted by molar-refractivity contribution is 9.10. The zero-order valence-electron chi connectivity index (χ0n) is 8.70. The van der Waals surface area contributed by atoms with Crippen LogP contribution in [0, 0.1) is 34.0 Å². The van der Waals surface area contributed by atoms with Gasteiger partial charge in [-0.1, -0.05) is 11.6 Å². The van der Waals surface area contributed by atoms with E-state index in [0.29, 0.717) is 10.2 Å². The van der Waals surface area contributed by atoms with Gasteiger partial charge in [0.15, 0.2) is 5.57 Å². The Balaban J connectivity index is 3.26. The van der Waals surface area contributed by atoms with Crippen LogP contribution in [0.25, 0.3) is 0 Å². The van der Waals surface area contributed by atoms with Crippen LogP contribution in [0.15, 0.2) is 27.9 Å². The summed E-state index contributed by atoms with van der Waals surface area (Å²) in [4.78, 5) is 0. The maximum Gasteiger partial charge on any atom is 0.163 e. The second-order valence-electron chi connectivity index (χ2n) is 2.99. The Morgan fingerprint density at radius 2 is 1.83 bits per heavy atom. The second-order valence-corrected chi connectivity index (χ2v) is 4.26. The van der Waals surface area contributed by atoms with E-state index in [1.54, 1.807) is 18.2 Å². The monoisotopic (exact) mass is 322 g/mol. The van der Waals surface area contributed by atoms with Crippen molar-refractivity contribution in [2.75, 3.05) is 5.32 Å². The molecule has 0 saturated carbocycles. The summed E-state index contributed by atoms with van der Waals surface area (Å²) in [6.45, 7) is 0. The summed E-state index contributed by atoms with van der Waals surface area (Å²) in [5, 5.41) is 38.3. The number of rotatable bonds is 2. The summed E-state index contributed by atoms with van der Waals surface area (Å²) in [5.41, 5.74) is -0.238. The normalized spacial score (nSPS) is 8.61. The van der Waals surface area contributed by atoms with E-state index in [-0.39, 0.29) is 22.0 Å². The summed E-state index contributed by atoms with van der Waals surface area (Å²) >= 11 is 8.86. The molecule has 0 aliphatic carbocycles. The minimum absolute atomic E-state index is 0.135. The van der Waals surface area contributed by atoms with Gasteiger partial charge in [-0.25, -0.2) is 0 Å². The first-order valence-electron chi connectivity index (χ1n) is 4.43. The number of hydrogen-bond donors (Lipinski definition) is 2. The van der Waals surface area contributed by atoms with Crippen LogP contribution in [0.4, 0.5) is 5.69 Å². The summed E-state index contributed by atoms with van der Waals surface area (Å²) in [7, 11) is 0. The maximum atomic E-state index is 9.44. The molecule has 0 bridgehead atoms. The molecule has 18 heavy (non-hydrogen) atoms. The van der Waals surface area contributed by atoms with Crippen LogP contribution in [-0.2, 0) is 0 Å². The number of nitrogens with one attached hydrogen (secondary N) is 1. The van der Waals surface area contributed by atoms with Gasteiger partial charge in [-0.3, -0.25) is 0 Å². The second kappa shape index (κ2) is 5.93. The first-order valence-corrected chi connectivity index (χ1v) is 5.60. The fraction of sp³-hybridized carbons (Fsp3) is 0. The smallest absolute Gasteiger partial charge is 0.163 e. The third-order valence-corrected chi connectivity index (χ3v) is 2.84. The summed E-state index contributed by atoms with van der Waals surface area (Å²) < 4.78 is 0.480. The molecule has 0 amide bonds. The molecule has 0 spiro atoms. The Kier molecular flexibility index (Phi) is 4.57. The van der Waals surface area contributed by atoms with Crippen LogP contribution in [0.1, 0.15) is 0 Å². The fourth-order valence-electron chi connectivity index (χ4n) is 1.05. The number of phenolic OH excluding ortho intramolecular Hbond substituents is 1. The fourth-order valence-corrected chi connectivity index (χ4v) is 1.79. The minimum Gasteiger partial charge on any atom is -0.506 e. The lowest BCUT2D eigenvalue weighted by Gasteiger charge is -2.08. The van der Waals surface area contributed by atoms with Gasteiger partial charge >= 0.3 is 0 Å². The van der Waals surface area contributed by atoms with Gasteiger partial charge in [-0.05, 0) is 22.0 Å². The van der Waals surface area contributed by atoms with Crippen LogP contribution in [0.3, 0.4) is 0 Å². The minimum atomic E-state index is -0.348. The molecular weight excluding hydrogens is 320 g/mol. The van der Waals surface area contributed by atoms with Crippen molar-refractivity contribution >= 4 is 33.2 Å². The molecule has 0 fully saturated rings. The average Bonchev–Trinajstić information content (AvgIpc) is 2.35. The van der Waals surface area contributed by atoms with Gasteiger partial charge in [0.25, 0.3) is 0 Å². The quantitative estimate of drug-likeness (QED) is 0.814. The number of nitrogens with zero attached hydrogens (tertiary/aromatic N) is 3. The van der Waals surface area contributed by atoms with Gasteiger partial charge in [0.2, 0.25) is 0 Å². The molecule has 1 aromatic rings. The predicted octanol–water partition coefficient (Wildman–Crippen LogP) is 3.04. The van der Waals surface area contributed by atoms with E-state index in [9.17, 15) is 5.11 Å². The van der Waals surface area contributed by atoms with E-state index < -0.39 is 0 Å². The Morgan fingerprint density at radius 1 is 1.22 bits per heavy atom. The van der Waals surface area contributed by atoms with Gasteiger partial charge in [0, 0.05) is 10.5 Å². The van der Waals surface area contributed by atoms with Crippen molar-refractivity contribution in [2.24, 2.45) is 0 Å². The number of phenols is 1. The highest BCUT2D eigenvalue weighted by Gasteiger charge is 2.10. The van der Waals surface area contributed by atoms with E-state index in [0.717, 1.165) is 0 Å². The third kappa shape index (κ3) is 2.93. The first kappa shape index (κ1) is 13.9. The van der Waals surface area contributed by atoms with Gasteiger partial charge in [-0.2, -0.15) is 15.8 Å². The lowest BCUT2D eigenvalue weighted by molar-refractivity contribution is 0.476. The molecule has 1 rings (SSSR count). The molecule has 0 aromatic heterocycles. The largest absolute Gasteiger partial charge is 0.506 e. The van der Waals surface area contributed by atoms with Gasteiger partial charge < -0.3 is 10.4 Å². The topological polar surface area (TPSA) is 104 Å². The average molecular weight is 324 g/mol. The van der Waals surface area contributed by atoms with Crippen molar-refractivity contribution < 1.29 is 5.11 Å². The van der Waals surface area contributed by atoms with Crippen LogP contribution in [0.5, 0.6) is 5.75 Å². The zero-order chi connectivity index (χ0) is 13.7. The number of anilines is 1. The van der Waals surface area contributed by atoms with Crippen molar-refractivity contribution in [1.82, 2.24) is 0 Å². The van der Waals surface area contributed by atoms with E-state index in [4.69, 9.17) is 27.4 Å². The first-order chi connectivity index (χ1) is 8.53. The number of aromatic hydroxyl groups is 1. The summed E-state index contributed by atoms with van der Waals surface area (Å²) in [5.74, 6) is -0.185. The lowest BCUT2D eigenvalue weighted by Crippen LogP contribution is -2.01. The van der Waals surface area contributed by atoms with Crippen molar-refractivity contribution in [3.63, 3.8) is 0 Å². The Hall–Kier alpha value is -2.20. The standard InChI is InChI=1S/C11H4BrClN4O/c12-7-1-8(13)11(18)2-9(7)17-10(5-16)6(3-14)4-15/h1-2,17-18H. The Labute approximate surface area is 116 Å². The third-order valence-electron chi connectivity index (χ3n) is 1.88. The molecule has 0 aliphatic heterocycles. The molecule has 0 saturated heterocycles. The maximum absolute atomic E-state index is 9.44. The van der Waals surface area contributed by atoms with Crippen LogP contribution in [0.2, 0.25) is 5.02 Å². The van der Waals surface area contributed by atoms with Gasteiger partial charge in [0.1, 0.15) is 29.7 Å². The molecule has 7 heteroatoms. The van der Waals surface area contributed by atoms with Crippen LogP contribution < -0.4 is 5.32 Å². The lowest BCUT2D eigenvalue weighted by atomic mass is 10.2. The van der Waals surface area contributed by atoms with Crippen molar-refractivity contribution in [3.05, 3.63) is 32.9 Å². The highest BCUT2D eigenvalue weighted by atomic mass is 79.9. The SMILES string of the molecule is N#CC(C#N)=C(C#N)Nc1cc(O)c(Cl)cc1Br. The zero-order valence-corrected chi connectivity index (χ0v) is 11.0. The van der Waals surface area contributed by atoms with Gasteiger partial charge in [-0.15, -0.1) is 0 Å². The Morgan fingerprint density at radius 3 is 2.33 bits per heavy atom. The van der Waals surface area contributed by atoms with E-state index >= 15 is 0 Å². The molecular formula is C11H4BrClN4O. The molecule has 0 aliphatic rings. The van der Waals surface area contributed by atoms with E-state index in [1.807, 2.05) is 0 Å². The number of nitriles is 3. The summed E-state index contributed by atoms with van der Waals surface area (Å²) in [6.07, 6.45) is 0. The van der Waals surface area contributed by atoms with Crippen LogP contribution in [-0.4, -0.2) is 5.11 Å². The number of allylic oxidation sites excluding steroid dienone is 2. The van der Waals surface area contributed by atoms with E-state index in [2.05, 4.69) is 21.2 Å². The molecule has 2 N–H and O–H groups in total. The molecule has 5 nitrogen and oxygen atoms in total. The number of hydrogen-bond acceptors (Lipinski definition) is 5. The molecule has 0 unspecified atom stereocenters. The molecule has 0 heterocycles. The van der Waals surface area contributed by atoms with E-state index in [1.165, 1.54) is 12.1 Å². The Bertz CT molecular complexity index is 633. The summed E-state index contributed by atoms with van der Waals surface area (Å²) in [6, 6.07) is 7.60. The predicted molar refractivity (Wildman–Crippen MR) is 68.3 cm³/mol. The molecule has 88 valence electrons. The molecule has 0 atom stereocenters. The molecule has 1 aromatic carbocycles. The number of benzene rings is 1. The van der Waals surface area contributed by atoms with Crippen molar-refractivity contribution in [2.45, 2.75) is 0 Å². The van der Waals surface area contributed by atoms with Crippen molar-refractivity contribution in [3.8, 4) is 24.0 Å². The van der Waals surface area contributed by atoms with Crippen molar-refractivity contribution in [1.29, 1.82) is 15.8 Å².